The first-order valence-corrected chi connectivity index (χ1v) is 13.6. The summed E-state index contributed by atoms with van der Waals surface area (Å²) in [4.78, 5) is 32.1. The molecule has 0 aromatic rings. The Morgan fingerprint density at radius 3 is 2.21 bits per heavy atom. The number of hydrogen-bond acceptors (Lipinski definition) is 7. The van der Waals surface area contributed by atoms with Crippen molar-refractivity contribution >= 4 is 21.7 Å². The quantitative estimate of drug-likeness (QED) is 0.166. The number of nitrogens with one attached hydrogen (secondary N) is 2. The third kappa shape index (κ3) is 8.35. The number of nitrogens with two attached hydrogens (primary N) is 1. The van der Waals surface area contributed by atoms with E-state index in [1.807, 2.05) is 27.7 Å². The van der Waals surface area contributed by atoms with E-state index < -0.39 is 44.5 Å². The van der Waals surface area contributed by atoms with Crippen LogP contribution in [0.3, 0.4) is 0 Å². The van der Waals surface area contributed by atoms with Crippen LogP contribution >= 0.6 is 0 Å². The Labute approximate surface area is 199 Å². The van der Waals surface area contributed by atoms with Gasteiger partial charge in [-0.05, 0) is 51.4 Å². The highest BCUT2D eigenvalue weighted by atomic mass is 32.2. The van der Waals surface area contributed by atoms with Crippen molar-refractivity contribution in [2.45, 2.75) is 84.7 Å². The molecule has 0 aromatic carbocycles. The lowest BCUT2D eigenvalue weighted by molar-refractivity contribution is -0.203. The molecule has 4 atom stereocenters. The van der Waals surface area contributed by atoms with Gasteiger partial charge in [-0.3, -0.25) is 15.0 Å². The zero-order chi connectivity index (χ0) is 25.4. The number of rotatable bonds is 12. The molecule has 1 fully saturated rings. The van der Waals surface area contributed by atoms with E-state index in [-0.39, 0.29) is 24.7 Å². The fraction of sp³-hybridized carbons (Fsp3) is 0.826. The molecule has 1 aliphatic heterocycles. The molecule has 9 nitrogen and oxygen atoms in total. The lowest BCUT2D eigenvalue weighted by Gasteiger charge is -2.41. The number of allylic oxidation sites excluding steroid dienone is 1. The second kappa shape index (κ2) is 12.8. The van der Waals surface area contributed by atoms with Gasteiger partial charge >= 0.3 is 0 Å². The highest BCUT2D eigenvalue weighted by molar-refractivity contribution is 7.92. The summed E-state index contributed by atoms with van der Waals surface area (Å²) in [5.41, 5.74) is 5.30. The molecule has 2 amide bonds. The van der Waals surface area contributed by atoms with Crippen LogP contribution < -0.4 is 16.7 Å². The van der Waals surface area contributed by atoms with Crippen molar-refractivity contribution in [3.63, 3.8) is 0 Å². The van der Waals surface area contributed by atoms with Gasteiger partial charge in [0.05, 0.1) is 11.8 Å². The number of ether oxygens (including phenoxy) is 1. The van der Waals surface area contributed by atoms with Gasteiger partial charge in [-0.15, -0.1) is 0 Å². The van der Waals surface area contributed by atoms with E-state index in [0.717, 1.165) is 24.7 Å². The normalized spacial score (nSPS) is 20.6. The number of hydroxylamine groups is 1. The fourth-order valence-electron chi connectivity index (χ4n) is 4.64. The summed E-state index contributed by atoms with van der Waals surface area (Å²) in [7, 11) is -3.87. The van der Waals surface area contributed by atoms with Gasteiger partial charge in [0.1, 0.15) is 4.75 Å². The summed E-state index contributed by atoms with van der Waals surface area (Å²) >= 11 is 0. The molecule has 0 aromatic heterocycles. The summed E-state index contributed by atoms with van der Waals surface area (Å²) in [5.74, 6) is 1.90. The van der Waals surface area contributed by atoms with Gasteiger partial charge in [0.25, 0.3) is 0 Å². The Balaban J connectivity index is 3.65. The number of carbonyl (C=O) groups excluding carboxylic acids is 2. The van der Waals surface area contributed by atoms with Crippen LogP contribution in [-0.2, 0) is 29.0 Å². The molecule has 0 bridgehead atoms. The minimum absolute atomic E-state index is 0.00760. The van der Waals surface area contributed by atoms with Crippen molar-refractivity contribution in [2.24, 2.45) is 29.5 Å². The molecule has 10 heteroatoms. The van der Waals surface area contributed by atoms with E-state index in [1.54, 1.807) is 19.9 Å². The van der Waals surface area contributed by atoms with Crippen LogP contribution in [0.15, 0.2) is 11.6 Å². The lowest BCUT2D eigenvalue weighted by atomic mass is 9.72. The number of amides is 2. The van der Waals surface area contributed by atoms with Crippen LogP contribution in [-0.4, -0.2) is 44.1 Å². The third-order valence-electron chi connectivity index (χ3n) is 5.80. The molecule has 192 valence electrons. The maximum absolute atomic E-state index is 13.7. The summed E-state index contributed by atoms with van der Waals surface area (Å²) < 4.78 is 30.7. The van der Waals surface area contributed by atoms with Crippen molar-refractivity contribution in [2.75, 3.05) is 12.9 Å². The van der Waals surface area contributed by atoms with Gasteiger partial charge in [-0.2, -0.15) is 0 Å². The first-order valence-electron chi connectivity index (χ1n) is 11.7. The minimum atomic E-state index is -3.87. The molecule has 1 saturated heterocycles. The average molecular weight is 490 g/mol. The minimum Gasteiger partial charge on any atom is -0.350 e. The molecular weight excluding hydrogens is 446 g/mol. The first-order chi connectivity index (χ1) is 15.2. The molecule has 3 unspecified atom stereocenters. The summed E-state index contributed by atoms with van der Waals surface area (Å²) in [5, 5.41) is 0. The van der Waals surface area contributed by atoms with Crippen molar-refractivity contribution in [3.05, 3.63) is 11.6 Å². The Hall–Kier alpha value is -1.49. The molecule has 33 heavy (non-hydrogen) atoms. The molecule has 1 rings (SSSR count). The number of hydrogen-bond donors (Lipinski definition) is 3. The van der Waals surface area contributed by atoms with Gasteiger partial charge in [0, 0.05) is 19.3 Å². The average Bonchev–Trinajstić information content (AvgIpc) is 2.69. The largest absolute Gasteiger partial charge is 0.350 e. The van der Waals surface area contributed by atoms with Crippen molar-refractivity contribution in [3.8, 4) is 0 Å². The zero-order valence-corrected chi connectivity index (χ0v) is 22.0. The molecule has 4 N–H and O–H groups in total. The molecular formula is C23H43N3O6S. The highest BCUT2D eigenvalue weighted by Crippen LogP contribution is 2.42. The van der Waals surface area contributed by atoms with Crippen LogP contribution in [0.2, 0.25) is 0 Å². The molecule has 0 aliphatic carbocycles. The fourth-order valence-corrected chi connectivity index (χ4v) is 6.46. The van der Waals surface area contributed by atoms with Crippen molar-refractivity contribution < 1.29 is 27.6 Å². The monoisotopic (exact) mass is 489 g/mol. The van der Waals surface area contributed by atoms with Crippen LogP contribution in [0, 0.1) is 23.7 Å². The summed E-state index contributed by atoms with van der Waals surface area (Å²) in [6.45, 7) is 11.7. The van der Waals surface area contributed by atoms with E-state index in [0.29, 0.717) is 13.0 Å². The standard InChI is InChI=1S/C23H43N3O6S/c1-15(2)12-18(21(27)25-24)20(22(28)26-32-19-10-8-9-11-31-19)23(13-16(3)4,14-17(5)6)33(7,29)30/h13,15,17-20H,8-12,14,24H2,1-7H3,(H,25,27)(H,26,28)/t18?,19?,20-,23?/m0/s1. The number of carbonyl (C=O) groups is 2. The smallest absolute Gasteiger partial charge is 0.249 e. The molecule has 1 aliphatic rings. The van der Waals surface area contributed by atoms with Crippen molar-refractivity contribution in [1.29, 1.82) is 0 Å². The summed E-state index contributed by atoms with van der Waals surface area (Å²) in [6, 6.07) is 0. The van der Waals surface area contributed by atoms with Gasteiger partial charge in [-0.1, -0.05) is 39.3 Å². The predicted octanol–water partition coefficient (Wildman–Crippen LogP) is 2.62. The Morgan fingerprint density at radius 2 is 1.79 bits per heavy atom. The first kappa shape index (κ1) is 29.5. The lowest BCUT2D eigenvalue weighted by Crippen LogP contribution is -2.58. The number of hydrazine groups is 1. The Kier molecular flexibility index (Phi) is 11.5. The maximum Gasteiger partial charge on any atom is 0.249 e. The van der Waals surface area contributed by atoms with E-state index in [4.69, 9.17) is 15.4 Å². The number of sulfone groups is 1. The molecule has 0 radical (unpaired) electrons. The predicted molar refractivity (Wildman–Crippen MR) is 128 cm³/mol. The Bertz CT molecular complexity index is 786. The van der Waals surface area contributed by atoms with Crippen LogP contribution in [0.5, 0.6) is 0 Å². The van der Waals surface area contributed by atoms with Crippen LogP contribution in [0.25, 0.3) is 0 Å². The summed E-state index contributed by atoms with van der Waals surface area (Å²) in [6.07, 6.45) is 4.96. The van der Waals surface area contributed by atoms with Crippen LogP contribution in [0.4, 0.5) is 0 Å². The SMILES string of the molecule is CC(C)=CC(CC(C)C)([C@H](C(=O)NOC1CCCCO1)C(CC(C)C)C(=O)NN)S(C)(=O)=O. The zero-order valence-electron chi connectivity index (χ0n) is 21.1. The Morgan fingerprint density at radius 1 is 1.15 bits per heavy atom. The maximum atomic E-state index is 13.7. The van der Waals surface area contributed by atoms with Gasteiger partial charge in [0.15, 0.2) is 16.1 Å². The molecule has 0 saturated carbocycles. The van der Waals surface area contributed by atoms with Gasteiger partial charge in [-0.25, -0.2) is 24.6 Å². The van der Waals surface area contributed by atoms with Gasteiger partial charge in [0.2, 0.25) is 11.8 Å². The van der Waals surface area contributed by atoms with E-state index >= 15 is 0 Å². The van der Waals surface area contributed by atoms with E-state index in [9.17, 15) is 18.0 Å². The third-order valence-corrected chi connectivity index (χ3v) is 7.71. The van der Waals surface area contributed by atoms with E-state index in [1.165, 1.54) is 0 Å². The van der Waals surface area contributed by atoms with Crippen LogP contribution in [0.1, 0.15) is 73.6 Å². The second-order valence-electron chi connectivity index (χ2n) is 10.1. The molecule has 0 spiro atoms. The van der Waals surface area contributed by atoms with E-state index in [2.05, 4.69) is 10.9 Å². The second-order valence-corrected chi connectivity index (χ2v) is 12.5. The highest BCUT2D eigenvalue weighted by Gasteiger charge is 2.54. The topological polar surface area (TPSA) is 137 Å². The molecule has 1 heterocycles. The van der Waals surface area contributed by atoms with Crippen molar-refractivity contribution in [1.82, 2.24) is 10.9 Å². The van der Waals surface area contributed by atoms with Gasteiger partial charge < -0.3 is 4.74 Å².